The Morgan fingerprint density at radius 3 is 2.68 bits per heavy atom. The summed E-state index contributed by atoms with van der Waals surface area (Å²) in [6.07, 6.45) is 3.89. The minimum atomic E-state index is -0.106. The van der Waals surface area contributed by atoms with Crippen LogP contribution in [0.3, 0.4) is 0 Å². The van der Waals surface area contributed by atoms with E-state index in [1.54, 1.807) is 16.9 Å². The molecule has 0 aliphatic rings. The highest BCUT2D eigenvalue weighted by molar-refractivity contribution is 6.31. The zero-order valence-corrected chi connectivity index (χ0v) is 15.0. The molecule has 25 heavy (non-hydrogen) atoms. The third-order valence-corrected chi connectivity index (χ3v) is 4.33. The van der Waals surface area contributed by atoms with E-state index in [1.165, 1.54) is 11.1 Å². The van der Waals surface area contributed by atoms with Crippen LogP contribution < -0.4 is 5.32 Å². The van der Waals surface area contributed by atoms with E-state index in [0.717, 1.165) is 5.69 Å². The van der Waals surface area contributed by atoms with Crippen LogP contribution in [0, 0.1) is 13.8 Å². The average Bonchev–Trinajstić information content (AvgIpc) is 3.14. The van der Waals surface area contributed by atoms with Crippen LogP contribution in [0.2, 0.25) is 5.02 Å². The molecule has 0 saturated heterocycles. The molecule has 0 radical (unpaired) electrons. The third-order valence-electron chi connectivity index (χ3n) is 3.96. The maximum absolute atomic E-state index is 12.1. The van der Waals surface area contributed by atoms with Gasteiger partial charge in [-0.15, -0.1) is 0 Å². The molecule has 0 bridgehead atoms. The van der Waals surface area contributed by atoms with Crippen LogP contribution in [0.1, 0.15) is 23.2 Å². The third kappa shape index (κ3) is 4.48. The van der Waals surface area contributed by atoms with Crippen molar-refractivity contribution in [2.24, 2.45) is 0 Å². The lowest BCUT2D eigenvalue weighted by Crippen LogP contribution is -2.15. The van der Waals surface area contributed by atoms with Crippen molar-refractivity contribution in [2.75, 3.05) is 5.32 Å². The topological polar surface area (TPSA) is 64.7 Å². The molecule has 0 aliphatic carbocycles. The van der Waals surface area contributed by atoms with Gasteiger partial charge in [-0.25, -0.2) is 0 Å². The number of amides is 1. The zero-order chi connectivity index (χ0) is 17.8. The average molecular weight is 358 g/mol. The summed E-state index contributed by atoms with van der Waals surface area (Å²) in [6.45, 7) is 5.06. The van der Waals surface area contributed by atoms with Crippen LogP contribution in [-0.2, 0) is 17.9 Å². The molecule has 0 fully saturated rings. The number of nitrogens with zero attached hydrogens (tertiary/aromatic N) is 4. The fourth-order valence-electron chi connectivity index (χ4n) is 2.51. The fourth-order valence-corrected chi connectivity index (χ4v) is 2.66. The Morgan fingerprint density at radius 2 is 1.96 bits per heavy atom. The van der Waals surface area contributed by atoms with Crippen LogP contribution >= 0.6 is 11.6 Å². The molecular formula is C18H20ClN5O. The predicted molar refractivity (Wildman–Crippen MR) is 97.7 cm³/mol. The van der Waals surface area contributed by atoms with Gasteiger partial charge in [-0.2, -0.15) is 10.2 Å². The number of halogens is 1. The first kappa shape index (κ1) is 17.2. The van der Waals surface area contributed by atoms with Gasteiger partial charge in [0.05, 0.1) is 17.3 Å². The van der Waals surface area contributed by atoms with E-state index in [2.05, 4.69) is 34.6 Å². The molecule has 2 heterocycles. The fraction of sp³-hybridized carbons (Fsp3) is 0.278. The Hall–Kier alpha value is -2.60. The summed E-state index contributed by atoms with van der Waals surface area (Å²) < 4.78 is 3.49. The number of aryl methyl sites for hydroxylation is 3. The Morgan fingerprint density at radius 1 is 1.16 bits per heavy atom. The summed E-state index contributed by atoms with van der Waals surface area (Å²) >= 11 is 5.96. The van der Waals surface area contributed by atoms with Gasteiger partial charge in [0.15, 0.2) is 5.82 Å². The minimum absolute atomic E-state index is 0.106. The van der Waals surface area contributed by atoms with Crippen molar-refractivity contribution in [3.63, 3.8) is 0 Å². The summed E-state index contributed by atoms with van der Waals surface area (Å²) in [5.74, 6) is 0.443. The van der Waals surface area contributed by atoms with Crippen molar-refractivity contribution in [1.29, 1.82) is 0 Å². The molecule has 1 amide bonds. The normalized spacial score (nSPS) is 10.8. The second-order valence-corrected chi connectivity index (χ2v) is 6.36. The van der Waals surface area contributed by atoms with E-state index in [-0.39, 0.29) is 5.91 Å². The van der Waals surface area contributed by atoms with Gasteiger partial charge in [0.25, 0.3) is 0 Å². The lowest BCUT2D eigenvalue weighted by atomic mass is 10.1. The largest absolute Gasteiger partial charge is 0.309 e. The summed E-state index contributed by atoms with van der Waals surface area (Å²) in [6, 6.07) is 9.97. The predicted octanol–water partition coefficient (Wildman–Crippen LogP) is 3.43. The lowest BCUT2D eigenvalue weighted by Gasteiger charge is -2.06. The quantitative estimate of drug-likeness (QED) is 0.735. The summed E-state index contributed by atoms with van der Waals surface area (Å²) in [7, 11) is 0. The van der Waals surface area contributed by atoms with Crippen LogP contribution in [-0.4, -0.2) is 25.5 Å². The lowest BCUT2D eigenvalue weighted by molar-refractivity contribution is -0.116. The second kappa shape index (κ2) is 7.53. The number of carbonyl (C=O) groups excluding carboxylic acids is 1. The molecule has 3 rings (SSSR count). The standard InChI is InChI=1S/C18H20ClN5O/c1-13-5-3-4-6-15(13)11-23-9-7-17(22-23)20-18(25)8-10-24-12-16(19)14(2)21-24/h3-7,9,12H,8,10-11H2,1-2H3,(H,20,22,25). The molecule has 7 heteroatoms. The number of anilines is 1. The van der Waals surface area contributed by atoms with E-state index in [1.807, 2.05) is 29.9 Å². The number of nitrogens with one attached hydrogen (secondary N) is 1. The molecule has 1 aromatic carbocycles. The monoisotopic (exact) mass is 357 g/mol. The highest BCUT2D eigenvalue weighted by atomic mass is 35.5. The Kier molecular flexibility index (Phi) is 5.19. The van der Waals surface area contributed by atoms with E-state index >= 15 is 0 Å². The highest BCUT2D eigenvalue weighted by Crippen LogP contribution is 2.13. The number of rotatable bonds is 6. The van der Waals surface area contributed by atoms with Gasteiger partial charge in [0.2, 0.25) is 5.91 Å². The molecular weight excluding hydrogens is 338 g/mol. The molecule has 130 valence electrons. The van der Waals surface area contributed by atoms with Crippen molar-refractivity contribution in [1.82, 2.24) is 19.6 Å². The van der Waals surface area contributed by atoms with Gasteiger partial charge in [-0.3, -0.25) is 14.2 Å². The molecule has 0 spiro atoms. The van der Waals surface area contributed by atoms with E-state index in [4.69, 9.17) is 11.6 Å². The SMILES string of the molecule is Cc1ccccc1Cn1ccc(NC(=O)CCn2cc(Cl)c(C)n2)n1. The summed E-state index contributed by atoms with van der Waals surface area (Å²) in [4.78, 5) is 12.1. The van der Waals surface area contributed by atoms with E-state index in [0.29, 0.717) is 30.4 Å². The summed E-state index contributed by atoms with van der Waals surface area (Å²) in [5, 5.41) is 12.1. The first-order valence-corrected chi connectivity index (χ1v) is 8.46. The molecule has 6 nitrogen and oxygen atoms in total. The van der Waals surface area contributed by atoms with E-state index < -0.39 is 0 Å². The Labute approximate surface area is 151 Å². The Balaban J connectivity index is 1.54. The molecule has 0 saturated carbocycles. The minimum Gasteiger partial charge on any atom is -0.309 e. The number of aromatic nitrogens is 4. The van der Waals surface area contributed by atoms with Crippen molar-refractivity contribution in [2.45, 2.75) is 33.4 Å². The van der Waals surface area contributed by atoms with Crippen LogP contribution in [0.15, 0.2) is 42.7 Å². The molecule has 2 aromatic heterocycles. The van der Waals surface area contributed by atoms with Crippen LogP contribution in [0.25, 0.3) is 0 Å². The second-order valence-electron chi connectivity index (χ2n) is 5.95. The smallest absolute Gasteiger partial charge is 0.227 e. The van der Waals surface area contributed by atoms with Crippen molar-refractivity contribution < 1.29 is 4.79 Å². The highest BCUT2D eigenvalue weighted by Gasteiger charge is 2.08. The van der Waals surface area contributed by atoms with Gasteiger partial charge in [0, 0.05) is 31.4 Å². The van der Waals surface area contributed by atoms with E-state index in [9.17, 15) is 4.79 Å². The summed E-state index contributed by atoms with van der Waals surface area (Å²) in [5.41, 5.74) is 3.18. The van der Waals surface area contributed by atoms with Gasteiger partial charge < -0.3 is 5.32 Å². The van der Waals surface area contributed by atoms with Crippen LogP contribution in [0.5, 0.6) is 0 Å². The Bertz CT molecular complexity index is 864. The van der Waals surface area contributed by atoms with Crippen molar-refractivity contribution >= 4 is 23.3 Å². The maximum atomic E-state index is 12.1. The number of hydrogen-bond acceptors (Lipinski definition) is 3. The van der Waals surface area contributed by atoms with Crippen molar-refractivity contribution in [3.8, 4) is 0 Å². The number of carbonyl (C=O) groups is 1. The first-order chi connectivity index (χ1) is 12.0. The number of hydrogen-bond donors (Lipinski definition) is 1. The van der Waals surface area contributed by atoms with Gasteiger partial charge in [-0.05, 0) is 25.0 Å². The zero-order valence-electron chi connectivity index (χ0n) is 14.2. The molecule has 0 unspecified atom stereocenters. The molecule has 0 aliphatic heterocycles. The van der Waals surface area contributed by atoms with Gasteiger partial charge in [0.1, 0.15) is 0 Å². The number of benzene rings is 1. The van der Waals surface area contributed by atoms with Gasteiger partial charge >= 0.3 is 0 Å². The molecule has 3 aromatic rings. The first-order valence-electron chi connectivity index (χ1n) is 8.08. The van der Waals surface area contributed by atoms with Crippen molar-refractivity contribution in [3.05, 3.63) is 64.6 Å². The molecule has 1 N–H and O–H groups in total. The molecule has 0 atom stereocenters. The maximum Gasteiger partial charge on any atom is 0.227 e. The van der Waals surface area contributed by atoms with Crippen LogP contribution in [0.4, 0.5) is 5.82 Å². The van der Waals surface area contributed by atoms with Gasteiger partial charge in [-0.1, -0.05) is 35.9 Å².